The minimum atomic E-state index is -3.75. The van der Waals surface area contributed by atoms with Gasteiger partial charge in [-0.1, -0.05) is 24.3 Å². The van der Waals surface area contributed by atoms with E-state index in [1.165, 1.54) is 42.5 Å². The standard InChI is InChI=1S/C20H25N3O5S2/c1-4-11-22-29(25,26)19-10-6-8-17(13-19)20(24)21-14-16-7-5-9-18(12-16)30(27,28)23-15(2)3/h4-10,12-13,15,22-23H,1,11,14H2,2-3H3,(H,21,24). The molecule has 0 aliphatic carbocycles. The van der Waals surface area contributed by atoms with E-state index in [4.69, 9.17) is 0 Å². The summed E-state index contributed by atoms with van der Waals surface area (Å²) in [5.74, 6) is -0.482. The summed E-state index contributed by atoms with van der Waals surface area (Å²) in [5.41, 5.74) is 0.758. The van der Waals surface area contributed by atoms with E-state index >= 15 is 0 Å². The molecule has 0 heterocycles. The van der Waals surface area contributed by atoms with Crippen LogP contribution >= 0.6 is 0 Å². The van der Waals surface area contributed by atoms with Gasteiger partial charge >= 0.3 is 0 Å². The Labute approximate surface area is 177 Å². The number of rotatable bonds is 10. The number of hydrogen-bond acceptors (Lipinski definition) is 5. The van der Waals surface area contributed by atoms with Crippen molar-refractivity contribution < 1.29 is 21.6 Å². The van der Waals surface area contributed by atoms with Crippen LogP contribution in [0.1, 0.15) is 29.8 Å². The highest BCUT2D eigenvalue weighted by Gasteiger charge is 2.17. The third-order valence-corrected chi connectivity index (χ3v) is 6.95. The molecule has 162 valence electrons. The van der Waals surface area contributed by atoms with Crippen LogP contribution in [-0.2, 0) is 26.6 Å². The SMILES string of the molecule is C=CCNS(=O)(=O)c1cccc(C(=O)NCc2cccc(S(=O)(=O)NC(C)C)c2)c1. The van der Waals surface area contributed by atoms with Gasteiger partial charge in [-0.05, 0) is 49.7 Å². The van der Waals surface area contributed by atoms with Crippen molar-refractivity contribution in [3.05, 3.63) is 72.3 Å². The Hall–Kier alpha value is -2.53. The number of amides is 1. The van der Waals surface area contributed by atoms with Crippen molar-refractivity contribution in [3.63, 3.8) is 0 Å². The predicted octanol–water partition coefficient (Wildman–Crippen LogP) is 1.77. The van der Waals surface area contributed by atoms with E-state index in [0.717, 1.165) is 0 Å². The highest BCUT2D eigenvalue weighted by molar-refractivity contribution is 7.89. The van der Waals surface area contributed by atoms with E-state index in [-0.39, 0.29) is 34.5 Å². The molecule has 2 rings (SSSR count). The second-order valence-corrected chi connectivity index (χ2v) is 10.3. The van der Waals surface area contributed by atoms with Crippen molar-refractivity contribution in [1.29, 1.82) is 0 Å². The highest BCUT2D eigenvalue weighted by Crippen LogP contribution is 2.14. The molecule has 0 bridgehead atoms. The molecule has 8 nitrogen and oxygen atoms in total. The summed E-state index contributed by atoms with van der Waals surface area (Å²) in [6.07, 6.45) is 1.42. The minimum Gasteiger partial charge on any atom is -0.348 e. The Balaban J connectivity index is 2.13. The summed E-state index contributed by atoms with van der Waals surface area (Å²) in [7, 11) is -7.40. The number of carbonyl (C=O) groups is 1. The molecule has 30 heavy (non-hydrogen) atoms. The zero-order chi connectivity index (χ0) is 22.4. The maximum Gasteiger partial charge on any atom is 0.251 e. The fraction of sp³-hybridized carbons (Fsp3) is 0.250. The Morgan fingerprint density at radius 3 is 2.27 bits per heavy atom. The Morgan fingerprint density at radius 2 is 1.63 bits per heavy atom. The van der Waals surface area contributed by atoms with Gasteiger partial charge in [0.2, 0.25) is 20.0 Å². The van der Waals surface area contributed by atoms with E-state index in [1.807, 2.05) is 0 Å². The predicted molar refractivity (Wildman–Crippen MR) is 115 cm³/mol. The minimum absolute atomic E-state index is 0.0372. The van der Waals surface area contributed by atoms with Gasteiger partial charge in [0, 0.05) is 24.7 Å². The van der Waals surface area contributed by atoms with Gasteiger partial charge in [-0.3, -0.25) is 4.79 Å². The van der Waals surface area contributed by atoms with Crippen LogP contribution in [-0.4, -0.2) is 35.3 Å². The van der Waals surface area contributed by atoms with Crippen molar-refractivity contribution in [3.8, 4) is 0 Å². The summed E-state index contributed by atoms with van der Waals surface area (Å²) in [6.45, 7) is 7.06. The van der Waals surface area contributed by atoms with Crippen molar-refractivity contribution in [2.24, 2.45) is 0 Å². The van der Waals surface area contributed by atoms with Gasteiger partial charge in [-0.15, -0.1) is 6.58 Å². The number of hydrogen-bond donors (Lipinski definition) is 3. The van der Waals surface area contributed by atoms with Crippen LogP contribution in [0.15, 0.2) is 71.0 Å². The first-order valence-electron chi connectivity index (χ1n) is 9.15. The molecule has 3 N–H and O–H groups in total. The molecule has 0 spiro atoms. The summed E-state index contributed by atoms with van der Waals surface area (Å²) in [4.78, 5) is 12.5. The average molecular weight is 452 g/mol. The molecule has 0 aliphatic rings. The lowest BCUT2D eigenvalue weighted by atomic mass is 10.2. The van der Waals surface area contributed by atoms with Gasteiger partial charge in [0.25, 0.3) is 5.91 Å². The van der Waals surface area contributed by atoms with Crippen LogP contribution < -0.4 is 14.8 Å². The largest absolute Gasteiger partial charge is 0.348 e. The van der Waals surface area contributed by atoms with Crippen LogP contribution in [0.5, 0.6) is 0 Å². The maximum atomic E-state index is 12.5. The summed E-state index contributed by atoms with van der Waals surface area (Å²) < 4.78 is 53.8. The van der Waals surface area contributed by atoms with Gasteiger partial charge in [0.1, 0.15) is 0 Å². The summed E-state index contributed by atoms with van der Waals surface area (Å²) in [6, 6.07) is 11.6. The molecule has 1 amide bonds. The number of carbonyl (C=O) groups excluding carboxylic acids is 1. The van der Waals surface area contributed by atoms with Crippen LogP contribution in [0.3, 0.4) is 0 Å². The molecule has 0 saturated heterocycles. The first-order chi connectivity index (χ1) is 14.0. The first-order valence-corrected chi connectivity index (χ1v) is 12.1. The van der Waals surface area contributed by atoms with Crippen LogP contribution in [0.2, 0.25) is 0 Å². The smallest absolute Gasteiger partial charge is 0.251 e. The molecule has 0 saturated carbocycles. The quantitative estimate of drug-likeness (QED) is 0.475. The van der Waals surface area contributed by atoms with E-state index < -0.39 is 26.0 Å². The van der Waals surface area contributed by atoms with Crippen molar-refractivity contribution in [2.45, 2.75) is 36.2 Å². The molecule has 0 unspecified atom stereocenters. The lowest BCUT2D eigenvalue weighted by Gasteiger charge is -2.11. The van der Waals surface area contributed by atoms with Gasteiger partial charge in [-0.2, -0.15) is 0 Å². The molecule has 0 fully saturated rings. The number of sulfonamides is 2. The van der Waals surface area contributed by atoms with Gasteiger partial charge < -0.3 is 5.32 Å². The fourth-order valence-electron chi connectivity index (χ4n) is 2.54. The lowest BCUT2D eigenvalue weighted by molar-refractivity contribution is 0.0950. The van der Waals surface area contributed by atoms with E-state index in [2.05, 4.69) is 21.3 Å². The molecular weight excluding hydrogens is 426 g/mol. The van der Waals surface area contributed by atoms with Gasteiger partial charge in [0.05, 0.1) is 9.79 Å². The van der Waals surface area contributed by atoms with Crippen LogP contribution in [0.25, 0.3) is 0 Å². The first kappa shape index (κ1) is 23.7. The fourth-order valence-corrected chi connectivity index (χ4v) is 4.91. The zero-order valence-corrected chi connectivity index (χ0v) is 18.4. The molecule has 0 atom stereocenters. The molecule has 10 heteroatoms. The second-order valence-electron chi connectivity index (χ2n) is 6.77. The van der Waals surface area contributed by atoms with E-state index in [9.17, 15) is 21.6 Å². The Bertz CT molecular complexity index is 1130. The maximum absolute atomic E-state index is 12.5. The monoisotopic (exact) mass is 451 g/mol. The molecular formula is C20H25N3O5S2. The van der Waals surface area contributed by atoms with Crippen molar-refractivity contribution in [1.82, 2.24) is 14.8 Å². The summed E-state index contributed by atoms with van der Waals surface area (Å²) >= 11 is 0. The van der Waals surface area contributed by atoms with E-state index in [1.54, 1.807) is 26.0 Å². The Kier molecular flexibility index (Phi) is 7.90. The number of nitrogens with one attached hydrogen (secondary N) is 3. The van der Waals surface area contributed by atoms with E-state index in [0.29, 0.717) is 5.56 Å². The lowest BCUT2D eigenvalue weighted by Crippen LogP contribution is -2.30. The van der Waals surface area contributed by atoms with Crippen LogP contribution in [0, 0.1) is 0 Å². The normalized spacial score (nSPS) is 12.0. The molecule has 2 aromatic carbocycles. The average Bonchev–Trinajstić information content (AvgIpc) is 2.70. The number of benzene rings is 2. The molecule has 0 aliphatic heterocycles. The molecule has 0 aromatic heterocycles. The van der Waals surface area contributed by atoms with Crippen LogP contribution in [0.4, 0.5) is 0 Å². The van der Waals surface area contributed by atoms with Crippen molar-refractivity contribution in [2.75, 3.05) is 6.54 Å². The van der Waals surface area contributed by atoms with Crippen molar-refractivity contribution >= 4 is 26.0 Å². The zero-order valence-electron chi connectivity index (χ0n) is 16.8. The highest BCUT2D eigenvalue weighted by atomic mass is 32.2. The Morgan fingerprint density at radius 1 is 1.00 bits per heavy atom. The molecule has 0 radical (unpaired) electrons. The topological polar surface area (TPSA) is 121 Å². The van der Waals surface area contributed by atoms with Gasteiger partial charge in [0.15, 0.2) is 0 Å². The third-order valence-electron chi connectivity index (χ3n) is 3.88. The summed E-state index contributed by atoms with van der Waals surface area (Å²) in [5, 5.41) is 2.67. The second kappa shape index (κ2) is 9.98. The van der Waals surface area contributed by atoms with Gasteiger partial charge in [-0.25, -0.2) is 26.3 Å². The third kappa shape index (κ3) is 6.49. The molecule has 2 aromatic rings.